The first-order chi connectivity index (χ1) is 13.7. The van der Waals surface area contributed by atoms with Crippen LogP contribution in [-0.4, -0.2) is 56.0 Å². The molecule has 0 saturated carbocycles. The van der Waals surface area contributed by atoms with Gasteiger partial charge in [-0.15, -0.1) is 0 Å². The molecule has 2 heterocycles. The number of rotatable bonds is 5. The van der Waals surface area contributed by atoms with Gasteiger partial charge in [-0.25, -0.2) is 13.2 Å². The van der Waals surface area contributed by atoms with Gasteiger partial charge in [0.1, 0.15) is 10.6 Å². The van der Waals surface area contributed by atoms with Crippen molar-refractivity contribution in [3.8, 4) is 0 Å². The van der Waals surface area contributed by atoms with Crippen molar-refractivity contribution in [3.63, 3.8) is 0 Å². The Morgan fingerprint density at radius 3 is 2.34 bits per heavy atom. The average Bonchev–Trinajstić information content (AvgIpc) is 3.00. The summed E-state index contributed by atoms with van der Waals surface area (Å²) in [6, 6.07) is 7.75. The predicted molar refractivity (Wildman–Crippen MR) is 113 cm³/mol. The van der Waals surface area contributed by atoms with Crippen LogP contribution in [0.4, 0.5) is 5.69 Å². The van der Waals surface area contributed by atoms with Crippen LogP contribution in [0.2, 0.25) is 0 Å². The SMILES string of the molecule is CCOC(=O)c1cc(S(=O)(=O)N2CCN(c3cc(C)ccc3C)CC2)c(C)n1C. The molecule has 0 amide bonds. The van der Waals surface area contributed by atoms with Gasteiger partial charge in [-0.1, -0.05) is 12.1 Å². The van der Waals surface area contributed by atoms with Gasteiger partial charge >= 0.3 is 5.97 Å². The lowest BCUT2D eigenvalue weighted by molar-refractivity contribution is 0.0515. The fourth-order valence-electron chi connectivity index (χ4n) is 3.70. The number of carbonyl (C=O) groups excluding carboxylic acids is 1. The van der Waals surface area contributed by atoms with Gasteiger partial charge in [-0.3, -0.25) is 0 Å². The summed E-state index contributed by atoms with van der Waals surface area (Å²) in [7, 11) is -2.01. The normalized spacial score (nSPS) is 15.6. The zero-order valence-electron chi connectivity index (χ0n) is 17.7. The highest BCUT2D eigenvalue weighted by Gasteiger charge is 2.33. The zero-order valence-corrected chi connectivity index (χ0v) is 18.5. The molecule has 3 rings (SSSR count). The molecule has 0 atom stereocenters. The summed E-state index contributed by atoms with van der Waals surface area (Å²) in [5.41, 5.74) is 4.31. The van der Waals surface area contributed by atoms with Crippen molar-refractivity contribution in [2.45, 2.75) is 32.6 Å². The van der Waals surface area contributed by atoms with E-state index in [0.717, 1.165) is 5.69 Å². The van der Waals surface area contributed by atoms with E-state index in [2.05, 4.69) is 36.9 Å². The number of aryl methyl sites for hydroxylation is 2. The lowest BCUT2D eigenvalue weighted by atomic mass is 10.1. The molecule has 1 aliphatic heterocycles. The van der Waals surface area contributed by atoms with Crippen molar-refractivity contribution in [1.82, 2.24) is 8.87 Å². The highest BCUT2D eigenvalue weighted by atomic mass is 32.2. The van der Waals surface area contributed by atoms with Crippen LogP contribution in [0.25, 0.3) is 0 Å². The summed E-state index contributed by atoms with van der Waals surface area (Å²) < 4.78 is 34.7. The molecular formula is C21H29N3O4S. The number of hydrogen-bond acceptors (Lipinski definition) is 5. The van der Waals surface area contributed by atoms with E-state index in [-0.39, 0.29) is 17.2 Å². The minimum Gasteiger partial charge on any atom is -0.461 e. The Hall–Kier alpha value is -2.32. The van der Waals surface area contributed by atoms with Crippen LogP contribution in [0.15, 0.2) is 29.2 Å². The van der Waals surface area contributed by atoms with Crippen LogP contribution >= 0.6 is 0 Å². The topological polar surface area (TPSA) is 71.8 Å². The fraction of sp³-hybridized carbons (Fsp3) is 0.476. The number of carbonyl (C=O) groups is 1. The molecule has 1 aromatic carbocycles. The predicted octanol–water partition coefficient (Wildman–Crippen LogP) is 2.64. The first-order valence-electron chi connectivity index (χ1n) is 9.82. The molecule has 0 bridgehead atoms. The van der Waals surface area contributed by atoms with Gasteiger partial charge in [0.25, 0.3) is 0 Å². The van der Waals surface area contributed by atoms with Crippen LogP contribution in [0.1, 0.15) is 34.2 Å². The number of piperazine rings is 1. The maximum Gasteiger partial charge on any atom is 0.354 e. The van der Waals surface area contributed by atoms with E-state index in [9.17, 15) is 13.2 Å². The molecule has 2 aromatic rings. The van der Waals surface area contributed by atoms with E-state index in [1.54, 1.807) is 25.5 Å². The van der Waals surface area contributed by atoms with E-state index in [0.29, 0.717) is 31.9 Å². The lowest BCUT2D eigenvalue weighted by Crippen LogP contribution is -2.49. The van der Waals surface area contributed by atoms with Gasteiger partial charge in [0.05, 0.1) is 6.61 Å². The Balaban J connectivity index is 1.81. The van der Waals surface area contributed by atoms with E-state index in [1.807, 2.05) is 0 Å². The van der Waals surface area contributed by atoms with Crippen molar-refractivity contribution >= 4 is 21.7 Å². The highest BCUT2D eigenvalue weighted by Crippen LogP contribution is 2.27. The summed E-state index contributed by atoms with van der Waals surface area (Å²) in [4.78, 5) is 14.5. The molecule has 0 N–H and O–H groups in total. The number of aromatic nitrogens is 1. The van der Waals surface area contributed by atoms with Crippen molar-refractivity contribution in [2.75, 3.05) is 37.7 Å². The Morgan fingerprint density at radius 1 is 1.07 bits per heavy atom. The Labute approximate surface area is 172 Å². The number of ether oxygens (including phenoxy) is 1. The summed E-state index contributed by atoms with van der Waals surface area (Å²) in [6.45, 7) is 9.86. The molecule has 0 spiro atoms. The van der Waals surface area contributed by atoms with Crippen LogP contribution < -0.4 is 4.90 Å². The molecule has 0 aliphatic carbocycles. The molecule has 0 radical (unpaired) electrons. The molecule has 7 nitrogen and oxygen atoms in total. The number of hydrogen-bond donors (Lipinski definition) is 0. The summed E-state index contributed by atoms with van der Waals surface area (Å²) in [5, 5.41) is 0. The second-order valence-corrected chi connectivity index (χ2v) is 9.35. The van der Waals surface area contributed by atoms with Crippen molar-refractivity contribution < 1.29 is 17.9 Å². The molecule has 1 aliphatic rings. The van der Waals surface area contributed by atoms with Crippen LogP contribution in [0, 0.1) is 20.8 Å². The summed E-state index contributed by atoms with van der Waals surface area (Å²) in [6.07, 6.45) is 0. The second-order valence-electron chi connectivity index (χ2n) is 7.44. The van der Waals surface area contributed by atoms with Crippen molar-refractivity contribution in [1.29, 1.82) is 0 Å². The number of benzene rings is 1. The lowest BCUT2D eigenvalue weighted by Gasteiger charge is -2.36. The first kappa shape index (κ1) is 21.4. The van der Waals surface area contributed by atoms with E-state index in [4.69, 9.17) is 4.74 Å². The summed E-state index contributed by atoms with van der Waals surface area (Å²) in [5.74, 6) is -0.515. The van der Waals surface area contributed by atoms with Gasteiger partial charge in [-0.2, -0.15) is 4.31 Å². The van der Waals surface area contributed by atoms with E-state index < -0.39 is 16.0 Å². The molecular weight excluding hydrogens is 390 g/mol. The van der Waals surface area contributed by atoms with Crippen molar-refractivity contribution in [3.05, 3.63) is 46.8 Å². The first-order valence-corrected chi connectivity index (χ1v) is 11.3. The van der Waals surface area contributed by atoms with Crippen LogP contribution in [0.3, 0.4) is 0 Å². The zero-order chi connectivity index (χ0) is 21.3. The number of nitrogens with zero attached hydrogens (tertiary/aromatic N) is 3. The molecule has 29 heavy (non-hydrogen) atoms. The minimum atomic E-state index is -3.69. The quantitative estimate of drug-likeness (QED) is 0.697. The Morgan fingerprint density at radius 2 is 1.72 bits per heavy atom. The van der Waals surface area contributed by atoms with Gasteiger partial charge in [-0.05, 0) is 51.0 Å². The standard InChI is InChI=1S/C21H29N3O4S/c1-6-28-21(25)19-14-20(17(4)22(19)5)29(26,27)24-11-9-23(10-12-24)18-13-15(2)7-8-16(18)3/h7-8,13-14H,6,9-12H2,1-5H3. The van der Waals surface area contributed by atoms with E-state index in [1.165, 1.54) is 21.5 Å². The third-order valence-corrected chi connectivity index (χ3v) is 7.55. The molecule has 8 heteroatoms. The smallest absolute Gasteiger partial charge is 0.354 e. The van der Waals surface area contributed by atoms with Gasteiger partial charge < -0.3 is 14.2 Å². The monoisotopic (exact) mass is 419 g/mol. The largest absolute Gasteiger partial charge is 0.461 e. The van der Waals surface area contributed by atoms with Gasteiger partial charge in [0.15, 0.2) is 0 Å². The molecule has 158 valence electrons. The van der Waals surface area contributed by atoms with Crippen LogP contribution in [0.5, 0.6) is 0 Å². The Bertz CT molecular complexity index is 1020. The molecule has 1 saturated heterocycles. The maximum absolute atomic E-state index is 13.3. The Kier molecular flexibility index (Phi) is 6.05. The minimum absolute atomic E-state index is 0.170. The molecule has 0 unspecified atom stereocenters. The fourth-order valence-corrected chi connectivity index (χ4v) is 5.39. The average molecular weight is 420 g/mol. The van der Waals surface area contributed by atoms with Gasteiger partial charge in [0, 0.05) is 44.6 Å². The third kappa shape index (κ3) is 4.04. The number of sulfonamides is 1. The summed E-state index contributed by atoms with van der Waals surface area (Å²) >= 11 is 0. The highest BCUT2D eigenvalue weighted by molar-refractivity contribution is 7.89. The number of esters is 1. The second kappa shape index (κ2) is 8.20. The maximum atomic E-state index is 13.3. The third-order valence-electron chi connectivity index (χ3n) is 5.54. The van der Waals surface area contributed by atoms with E-state index >= 15 is 0 Å². The molecule has 1 aromatic heterocycles. The van der Waals surface area contributed by atoms with Gasteiger partial charge in [0.2, 0.25) is 10.0 Å². The van der Waals surface area contributed by atoms with Crippen LogP contribution in [-0.2, 0) is 21.8 Å². The number of anilines is 1. The van der Waals surface area contributed by atoms with Crippen molar-refractivity contribution in [2.24, 2.45) is 7.05 Å². The molecule has 1 fully saturated rings.